The second-order valence-electron chi connectivity index (χ2n) is 6.19. The van der Waals surface area contributed by atoms with Gasteiger partial charge in [-0.2, -0.15) is 0 Å². The van der Waals surface area contributed by atoms with Crippen LogP contribution in [0, 0.1) is 0 Å². The summed E-state index contributed by atoms with van der Waals surface area (Å²) in [6, 6.07) is 15.7. The molecule has 8 heteroatoms. The molecule has 0 aliphatic carbocycles. The third-order valence-electron chi connectivity index (χ3n) is 4.27. The molecule has 0 spiro atoms. The van der Waals surface area contributed by atoms with E-state index < -0.39 is 17.8 Å². The molecular formula is C21H12ClN2O5-. The summed E-state index contributed by atoms with van der Waals surface area (Å²) < 4.78 is 5.66. The smallest absolute Gasteiger partial charge is 0.282 e. The van der Waals surface area contributed by atoms with Crippen molar-refractivity contribution in [3.8, 4) is 11.3 Å². The summed E-state index contributed by atoms with van der Waals surface area (Å²) in [5.74, 6) is -1.73. The Kier molecular flexibility index (Phi) is 4.66. The number of hydrogen-bond acceptors (Lipinski definition) is 5. The number of hydrogen-bond donors (Lipinski definition) is 1. The summed E-state index contributed by atoms with van der Waals surface area (Å²) >= 11 is 5.85. The minimum Gasteiger partial charge on any atom is -0.545 e. The van der Waals surface area contributed by atoms with Crippen molar-refractivity contribution in [2.45, 2.75) is 0 Å². The van der Waals surface area contributed by atoms with E-state index in [1.807, 2.05) is 0 Å². The Labute approximate surface area is 169 Å². The van der Waals surface area contributed by atoms with Crippen LogP contribution in [0.15, 0.2) is 70.7 Å². The summed E-state index contributed by atoms with van der Waals surface area (Å²) in [5, 5.41) is 12.6. The maximum absolute atomic E-state index is 12.6. The Morgan fingerprint density at radius 2 is 1.83 bits per heavy atom. The van der Waals surface area contributed by atoms with Gasteiger partial charge in [0, 0.05) is 10.6 Å². The SMILES string of the molecule is O=C1NN(c2ccc(Cl)cc2)C(=O)/C1=C/c1ccc(-c2cccc(C(=O)[O-])c2)o1. The van der Waals surface area contributed by atoms with Crippen molar-refractivity contribution in [3.05, 3.63) is 82.6 Å². The van der Waals surface area contributed by atoms with Crippen molar-refractivity contribution >= 4 is 41.1 Å². The largest absolute Gasteiger partial charge is 0.545 e. The normalized spacial score (nSPS) is 15.1. The number of carbonyl (C=O) groups excluding carboxylic acids is 3. The molecule has 1 aromatic heterocycles. The third-order valence-corrected chi connectivity index (χ3v) is 4.52. The highest BCUT2D eigenvalue weighted by Gasteiger charge is 2.34. The number of nitrogens with zero attached hydrogens (tertiary/aromatic N) is 1. The highest BCUT2D eigenvalue weighted by Crippen LogP contribution is 2.26. The molecule has 1 aliphatic rings. The molecule has 1 N–H and O–H groups in total. The molecule has 3 aromatic rings. The average molecular weight is 408 g/mol. The highest BCUT2D eigenvalue weighted by atomic mass is 35.5. The third kappa shape index (κ3) is 3.63. The number of anilines is 1. The molecular weight excluding hydrogens is 396 g/mol. The summed E-state index contributed by atoms with van der Waals surface area (Å²) in [6.45, 7) is 0. The molecule has 0 unspecified atom stereocenters. The maximum atomic E-state index is 12.6. The van der Waals surface area contributed by atoms with E-state index in [4.69, 9.17) is 16.0 Å². The van der Waals surface area contributed by atoms with Crippen LogP contribution in [0.4, 0.5) is 5.69 Å². The van der Waals surface area contributed by atoms with Crippen molar-refractivity contribution < 1.29 is 23.9 Å². The number of carbonyl (C=O) groups is 3. The van der Waals surface area contributed by atoms with Gasteiger partial charge in [-0.25, -0.2) is 5.01 Å². The van der Waals surface area contributed by atoms with Crippen LogP contribution < -0.4 is 15.5 Å². The number of benzene rings is 2. The molecule has 1 aliphatic heterocycles. The summed E-state index contributed by atoms with van der Waals surface area (Å²) in [7, 11) is 0. The molecule has 0 bridgehead atoms. The van der Waals surface area contributed by atoms with E-state index >= 15 is 0 Å². The number of carboxylic acids is 1. The van der Waals surface area contributed by atoms with Gasteiger partial charge in [-0.05, 0) is 54.1 Å². The molecule has 2 amide bonds. The Morgan fingerprint density at radius 3 is 2.55 bits per heavy atom. The quantitative estimate of drug-likeness (QED) is 0.528. The van der Waals surface area contributed by atoms with Crippen LogP contribution in [0.1, 0.15) is 16.1 Å². The molecule has 0 saturated carbocycles. The highest BCUT2D eigenvalue weighted by molar-refractivity contribution is 6.32. The van der Waals surface area contributed by atoms with E-state index in [0.717, 1.165) is 5.01 Å². The van der Waals surface area contributed by atoms with Crippen LogP contribution in [-0.2, 0) is 9.59 Å². The first-order chi connectivity index (χ1) is 13.9. The first kappa shape index (κ1) is 18.5. The van der Waals surface area contributed by atoms with Crippen LogP contribution >= 0.6 is 11.6 Å². The Hall–Kier alpha value is -3.84. The molecule has 0 radical (unpaired) electrons. The van der Waals surface area contributed by atoms with E-state index in [2.05, 4.69) is 5.43 Å². The number of carboxylic acid groups (broad SMARTS) is 1. The van der Waals surface area contributed by atoms with Crippen LogP contribution in [0.2, 0.25) is 5.02 Å². The fourth-order valence-corrected chi connectivity index (χ4v) is 2.98. The topological polar surface area (TPSA) is 103 Å². The van der Waals surface area contributed by atoms with Gasteiger partial charge in [0.15, 0.2) is 0 Å². The molecule has 29 heavy (non-hydrogen) atoms. The number of halogens is 1. The number of hydrazine groups is 1. The number of aromatic carboxylic acids is 1. The van der Waals surface area contributed by atoms with Crippen molar-refractivity contribution in [1.82, 2.24) is 5.43 Å². The Balaban J connectivity index is 1.61. The Bertz CT molecular complexity index is 1160. The van der Waals surface area contributed by atoms with Crippen molar-refractivity contribution in [1.29, 1.82) is 0 Å². The first-order valence-corrected chi connectivity index (χ1v) is 8.84. The van der Waals surface area contributed by atoms with E-state index in [9.17, 15) is 19.5 Å². The van der Waals surface area contributed by atoms with Gasteiger partial charge in [-0.3, -0.25) is 15.0 Å². The lowest BCUT2D eigenvalue weighted by atomic mass is 10.1. The van der Waals surface area contributed by atoms with Crippen LogP contribution in [-0.4, -0.2) is 17.8 Å². The predicted octanol–water partition coefficient (Wildman–Crippen LogP) is 2.42. The fraction of sp³-hybridized carbons (Fsp3) is 0. The minimum absolute atomic E-state index is 0.0164. The predicted molar refractivity (Wildman–Crippen MR) is 104 cm³/mol. The lowest BCUT2D eigenvalue weighted by Gasteiger charge is -2.14. The molecule has 1 saturated heterocycles. The average Bonchev–Trinajstić information content (AvgIpc) is 3.29. The zero-order valence-corrected chi connectivity index (χ0v) is 15.5. The van der Waals surface area contributed by atoms with Crippen molar-refractivity contribution in [3.63, 3.8) is 0 Å². The van der Waals surface area contributed by atoms with E-state index in [1.165, 1.54) is 18.2 Å². The van der Waals surface area contributed by atoms with Crippen LogP contribution in [0.25, 0.3) is 17.4 Å². The molecule has 7 nitrogen and oxygen atoms in total. The van der Waals surface area contributed by atoms with E-state index in [0.29, 0.717) is 22.0 Å². The Morgan fingerprint density at radius 1 is 1.07 bits per heavy atom. The minimum atomic E-state index is -1.30. The van der Waals surface area contributed by atoms with Gasteiger partial charge in [-0.15, -0.1) is 0 Å². The van der Waals surface area contributed by atoms with Crippen molar-refractivity contribution in [2.75, 3.05) is 5.01 Å². The molecule has 1 fully saturated rings. The zero-order valence-electron chi connectivity index (χ0n) is 14.7. The summed E-state index contributed by atoms with van der Waals surface area (Å²) in [4.78, 5) is 35.9. The summed E-state index contributed by atoms with van der Waals surface area (Å²) in [5.41, 5.74) is 3.41. The lowest BCUT2D eigenvalue weighted by Crippen LogP contribution is -2.35. The fourth-order valence-electron chi connectivity index (χ4n) is 2.86. The number of furan rings is 1. The van der Waals surface area contributed by atoms with Gasteiger partial charge in [0.1, 0.15) is 17.1 Å². The van der Waals surface area contributed by atoms with E-state index in [-0.39, 0.29) is 16.9 Å². The van der Waals surface area contributed by atoms with Gasteiger partial charge >= 0.3 is 0 Å². The van der Waals surface area contributed by atoms with Crippen LogP contribution in [0.5, 0.6) is 0 Å². The standard InChI is InChI=1S/C21H13ClN2O5/c22-14-4-6-15(7-5-14)24-20(26)17(19(25)23-24)11-16-8-9-18(29-16)12-2-1-3-13(10-12)21(27)28/h1-11H,(H,23,25)(H,27,28)/p-1/b17-11+. The molecule has 0 atom stereocenters. The summed E-state index contributed by atoms with van der Waals surface area (Å²) in [6.07, 6.45) is 1.33. The van der Waals surface area contributed by atoms with E-state index in [1.54, 1.807) is 48.5 Å². The lowest BCUT2D eigenvalue weighted by molar-refractivity contribution is -0.255. The van der Waals surface area contributed by atoms with Crippen molar-refractivity contribution in [2.24, 2.45) is 0 Å². The number of amides is 2. The van der Waals surface area contributed by atoms with Gasteiger partial charge in [0.05, 0.1) is 11.7 Å². The molecule has 144 valence electrons. The van der Waals surface area contributed by atoms with Crippen LogP contribution in [0.3, 0.4) is 0 Å². The second kappa shape index (κ2) is 7.29. The van der Waals surface area contributed by atoms with Gasteiger partial charge in [0.2, 0.25) is 0 Å². The number of rotatable bonds is 4. The number of nitrogens with one attached hydrogen (secondary N) is 1. The van der Waals surface area contributed by atoms with Gasteiger partial charge in [-0.1, -0.05) is 29.8 Å². The van der Waals surface area contributed by atoms with Gasteiger partial charge in [0.25, 0.3) is 11.8 Å². The maximum Gasteiger partial charge on any atom is 0.282 e. The zero-order chi connectivity index (χ0) is 20.5. The first-order valence-electron chi connectivity index (χ1n) is 8.47. The molecule has 2 heterocycles. The van der Waals surface area contributed by atoms with Gasteiger partial charge < -0.3 is 14.3 Å². The molecule has 4 rings (SSSR count). The molecule has 2 aromatic carbocycles. The monoisotopic (exact) mass is 407 g/mol. The second-order valence-corrected chi connectivity index (χ2v) is 6.62.